The van der Waals surface area contributed by atoms with Crippen molar-refractivity contribution in [3.05, 3.63) is 28.8 Å². The van der Waals surface area contributed by atoms with E-state index in [0.717, 1.165) is 11.3 Å². The van der Waals surface area contributed by atoms with Crippen molar-refractivity contribution in [2.24, 2.45) is 11.7 Å². The normalized spacial score (nSPS) is 10.6. The minimum Gasteiger partial charge on any atom is -0.493 e. The predicted molar refractivity (Wildman–Crippen MR) is 59.7 cm³/mol. The average molecular weight is 214 g/mol. The van der Waals surface area contributed by atoms with Gasteiger partial charge in [0.05, 0.1) is 6.61 Å². The maximum absolute atomic E-state index is 5.98. The summed E-state index contributed by atoms with van der Waals surface area (Å²) in [6, 6.07) is 5.60. The quantitative estimate of drug-likeness (QED) is 0.835. The molecule has 0 amide bonds. The van der Waals surface area contributed by atoms with Gasteiger partial charge in [-0.15, -0.1) is 0 Å². The first-order valence-electron chi connectivity index (χ1n) is 4.75. The number of nitrogens with two attached hydrogens (primary N) is 1. The number of halogens is 1. The molecule has 14 heavy (non-hydrogen) atoms. The number of ether oxygens (including phenoxy) is 1. The molecule has 78 valence electrons. The third kappa shape index (κ3) is 2.89. The summed E-state index contributed by atoms with van der Waals surface area (Å²) >= 11 is 5.98. The van der Waals surface area contributed by atoms with Crippen LogP contribution in [0.15, 0.2) is 18.2 Å². The number of benzene rings is 1. The van der Waals surface area contributed by atoms with Gasteiger partial charge in [-0.1, -0.05) is 31.5 Å². The van der Waals surface area contributed by atoms with Crippen LogP contribution < -0.4 is 10.5 Å². The van der Waals surface area contributed by atoms with Crippen molar-refractivity contribution in [2.75, 3.05) is 6.61 Å². The average Bonchev–Trinajstić information content (AvgIpc) is 2.14. The van der Waals surface area contributed by atoms with Crippen LogP contribution in [-0.2, 0) is 6.54 Å². The van der Waals surface area contributed by atoms with Crippen LogP contribution in [0.1, 0.15) is 19.4 Å². The van der Waals surface area contributed by atoms with Crippen LogP contribution in [0, 0.1) is 5.92 Å². The van der Waals surface area contributed by atoms with Gasteiger partial charge in [0.15, 0.2) is 0 Å². The Hall–Kier alpha value is -0.730. The zero-order valence-electron chi connectivity index (χ0n) is 8.59. The lowest BCUT2D eigenvalue weighted by molar-refractivity contribution is 0.268. The Morgan fingerprint density at radius 3 is 2.71 bits per heavy atom. The molecule has 0 aliphatic carbocycles. The van der Waals surface area contributed by atoms with Gasteiger partial charge in [0.25, 0.3) is 0 Å². The lowest BCUT2D eigenvalue weighted by atomic mass is 10.2. The van der Waals surface area contributed by atoms with E-state index in [1.54, 1.807) is 0 Å². The third-order valence-corrected chi connectivity index (χ3v) is 2.21. The Morgan fingerprint density at radius 2 is 2.14 bits per heavy atom. The van der Waals surface area contributed by atoms with E-state index in [4.69, 9.17) is 22.1 Å². The molecule has 0 aromatic heterocycles. The van der Waals surface area contributed by atoms with Crippen molar-refractivity contribution in [1.82, 2.24) is 0 Å². The molecule has 0 heterocycles. The molecule has 2 N–H and O–H groups in total. The molecule has 1 aromatic rings. The van der Waals surface area contributed by atoms with E-state index < -0.39 is 0 Å². The minimum absolute atomic E-state index is 0.410. The zero-order valence-corrected chi connectivity index (χ0v) is 9.34. The largest absolute Gasteiger partial charge is 0.493 e. The van der Waals surface area contributed by atoms with Gasteiger partial charge in [-0.2, -0.15) is 0 Å². The molecule has 1 aromatic carbocycles. The molecule has 0 unspecified atom stereocenters. The van der Waals surface area contributed by atoms with E-state index in [9.17, 15) is 0 Å². The van der Waals surface area contributed by atoms with Gasteiger partial charge in [-0.05, 0) is 18.1 Å². The van der Waals surface area contributed by atoms with Crippen LogP contribution in [-0.4, -0.2) is 6.61 Å². The van der Waals surface area contributed by atoms with E-state index in [1.807, 2.05) is 18.2 Å². The first-order valence-corrected chi connectivity index (χ1v) is 5.13. The van der Waals surface area contributed by atoms with Crippen LogP contribution in [0.3, 0.4) is 0 Å². The second-order valence-corrected chi connectivity index (χ2v) is 4.03. The maximum Gasteiger partial charge on any atom is 0.125 e. The lowest BCUT2D eigenvalue weighted by Gasteiger charge is -2.12. The van der Waals surface area contributed by atoms with Crippen molar-refractivity contribution in [1.29, 1.82) is 0 Å². The van der Waals surface area contributed by atoms with Gasteiger partial charge in [0.1, 0.15) is 5.75 Å². The molecular weight excluding hydrogens is 198 g/mol. The summed E-state index contributed by atoms with van der Waals surface area (Å²) in [6.07, 6.45) is 0. The molecule has 0 fully saturated rings. The standard InChI is InChI=1S/C11H16ClNO/c1-8(2)7-14-11-5-3-4-10(12)9(11)6-13/h3-5,8H,6-7,13H2,1-2H3. The second-order valence-electron chi connectivity index (χ2n) is 3.63. The zero-order chi connectivity index (χ0) is 10.6. The van der Waals surface area contributed by atoms with Crippen LogP contribution in [0.2, 0.25) is 5.02 Å². The highest BCUT2D eigenvalue weighted by molar-refractivity contribution is 6.31. The van der Waals surface area contributed by atoms with Crippen LogP contribution in [0.25, 0.3) is 0 Å². The second kappa shape index (κ2) is 5.23. The molecule has 0 aliphatic heterocycles. The van der Waals surface area contributed by atoms with E-state index in [0.29, 0.717) is 24.1 Å². The molecule has 1 rings (SSSR count). The van der Waals surface area contributed by atoms with Crippen molar-refractivity contribution in [3.63, 3.8) is 0 Å². The van der Waals surface area contributed by atoms with Crippen molar-refractivity contribution in [3.8, 4) is 5.75 Å². The smallest absolute Gasteiger partial charge is 0.125 e. The van der Waals surface area contributed by atoms with Gasteiger partial charge < -0.3 is 10.5 Å². The van der Waals surface area contributed by atoms with Crippen molar-refractivity contribution >= 4 is 11.6 Å². The summed E-state index contributed by atoms with van der Waals surface area (Å²) in [7, 11) is 0. The first-order chi connectivity index (χ1) is 6.65. The monoisotopic (exact) mass is 213 g/mol. The first kappa shape index (κ1) is 11.3. The lowest BCUT2D eigenvalue weighted by Crippen LogP contribution is -2.08. The third-order valence-electron chi connectivity index (χ3n) is 1.85. The Bertz CT molecular complexity index is 299. The van der Waals surface area contributed by atoms with Crippen molar-refractivity contribution < 1.29 is 4.74 Å². The summed E-state index contributed by atoms with van der Waals surface area (Å²) < 4.78 is 5.61. The maximum atomic E-state index is 5.98. The summed E-state index contributed by atoms with van der Waals surface area (Å²) in [5, 5.41) is 0.675. The molecule has 0 bridgehead atoms. The molecule has 0 spiro atoms. The van der Waals surface area contributed by atoms with Crippen molar-refractivity contribution in [2.45, 2.75) is 20.4 Å². The summed E-state index contributed by atoms with van der Waals surface area (Å²) in [4.78, 5) is 0. The highest BCUT2D eigenvalue weighted by Gasteiger charge is 2.06. The number of hydrogen-bond acceptors (Lipinski definition) is 2. The molecule has 0 atom stereocenters. The summed E-state index contributed by atoms with van der Waals surface area (Å²) in [6.45, 7) is 5.31. The topological polar surface area (TPSA) is 35.2 Å². The molecule has 0 aliphatic rings. The molecule has 3 heteroatoms. The fourth-order valence-corrected chi connectivity index (χ4v) is 1.37. The van der Waals surface area contributed by atoms with E-state index >= 15 is 0 Å². The van der Waals surface area contributed by atoms with Crippen LogP contribution in [0.4, 0.5) is 0 Å². The van der Waals surface area contributed by atoms with Crippen LogP contribution in [0.5, 0.6) is 5.75 Å². The van der Waals surface area contributed by atoms with Crippen LogP contribution >= 0.6 is 11.6 Å². The van der Waals surface area contributed by atoms with Gasteiger partial charge >= 0.3 is 0 Å². The van der Waals surface area contributed by atoms with Gasteiger partial charge in [0, 0.05) is 17.1 Å². The SMILES string of the molecule is CC(C)COc1cccc(Cl)c1CN. The van der Waals surface area contributed by atoms with E-state index in [-0.39, 0.29) is 0 Å². The van der Waals surface area contributed by atoms with Gasteiger partial charge in [-0.3, -0.25) is 0 Å². The number of hydrogen-bond donors (Lipinski definition) is 1. The Morgan fingerprint density at radius 1 is 1.43 bits per heavy atom. The van der Waals surface area contributed by atoms with Gasteiger partial charge in [0.2, 0.25) is 0 Å². The Balaban J connectivity index is 2.80. The molecule has 0 radical (unpaired) electrons. The fraction of sp³-hybridized carbons (Fsp3) is 0.455. The number of rotatable bonds is 4. The highest BCUT2D eigenvalue weighted by atomic mass is 35.5. The summed E-state index contributed by atoms with van der Waals surface area (Å²) in [5.74, 6) is 1.30. The van der Waals surface area contributed by atoms with E-state index in [1.165, 1.54) is 0 Å². The highest BCUT2D eigenvalue weighted by Crippen LogP contribution is 2.26. The summed E-state index contributed by atoms with van der Waals surface area (Å²) in [5.41, 5.74) is 6.48. The molecular formula is C11H16ClNO. The fourth-order valence-electron chi connectivity index (χ4n) is 1.13. The minimum atomic E-state index is 0.410. The Labute approximate surface area is 90.0 Å². The molecule has 2 nitrogen and oxygen atoms in total. The predicted octanol–water partition coefficient (Wildman–Crippen LogP) is 2.83. The Kier molecular flexibility index (Phi) is 4.23. The van der Waals surface area contributed by atoms with Gasteiger partial charge in [-0.25, -0.2) is 0 Å². The molecule has 0 saturated carbocycles. The molecule has 0 saturated heterocycles. The van der Waals surface area contributed by atoms with E-state index in [2.05, 4.69) is 13.8 Å².